The number of aryl methyl sites for hydroxylation is 2. The average molecular weight is 259 g/mol. The third-order valence-electron chi connectivity index (χ3n) is 3.18. The van der Waals surface area contributed by atoms with Gasteiger partial charge >= 0.3 is 0 Å². The Labute approximate surface area is 114 Å². The van der Waals surface area contributed by atoms with E-state index >= 15 is 0 Å². The monoisotopic (exact) mass is 259 g/mol. The van der Waals surface area contributed by atoms with Gasteiger partial charge in [-0.3, -0.25) is 4.68 Å². The standard InChI is InChI=1S/C15H21N3O/c1-5-16-9-12-8-13(19-4)6-7-14(12)15-10-18(3)17-11(15)2/h6-8,10,16H,5,9H2,1-4H3. The molecule has 0 atom stereocenters. The zero-order valence-electron chi connectivity index (χ0n) is 12.0. The number of aromatic nitrogens is 2. The number of rotatable bonds is 5. The predicted molar refractivity (Wildman–Crippen MR) is 77.3 cm³/mol. The van der Waals surface area contributed by atoms with E-state index < -0.39 is 0 Å². The van der Waals surface area contributed by atoms with Gasteiger partial charge < -0.3 is 10.1 Å². The van der Waals surface area contributed by atoms with Crippen LogP contribution in [-0.2, 0) is 13.6 Å². The minimum atomic E-state index is 0.831. The summed E-state index contributed by atoms with van der Waals surface area (Å²) in [5.41, 5.74) is 4.67. The van der Waals surface area contributed by atoms with Crippen LogP contribution in [0.15, 0.2) is 24.4 Å². The van der Waals surface area contributed by atoms with Crippen molar-refractivity contribution in [3.05, 3.63) is 35.7 Å². The first kappa shape index (κ1) is 13.6. The summed E-state index contributed by atoms with van der Waals surface area (Å²) in [5, 5.41) is 7.79. The molecule has 1 aromatic heterocycles. The van der Waals surface area contributed by atoms with Crippen LogP contribution in [0.1, 0.15) is 18.2 Å². The molecule has 0 fully saturated rings. The Hall–Kier alpha value is -1.81. The van der Waals surface area contributed by atoms with Gasteiger partial charge in [0.15, 0.2) is 0 Å². The average Bonchev–Trinajstić information content (AvgIpc) is 2.74. The van der Waals surface area contributed by atoms with E-state index in [1.807, 2.05) is 24.7 Å². The summed E-state index contributed by atoms with van der Waals surface area (Å²) in [7, 11) is 3.64. The fourth-order valence-corrected chi connectivity index (χ4v) is 2.23. The molecule has 0 radical (unpaired) electrons. The van der Waals surface area contributed by atoms with E-state index in [2.05, 4.69) is 35.7 Å². The molecule has 0 aliphatic heterocycles. The van der Waals surface area contributed by atoms with Gasteiger partial charge in [-0.15, -0.1) is 0 Å². The van der Waals surface area contributed by atoms with E-state index in [9.17, 15) is 0 Å². The van der Waals surface area contributed by atoms with Crippen molar-refractivity contribution in [3.8, 4) is 16.9 Å². The molecule has 1 aromatic carbocycles. The molecule has 2 aromatic rings. The van der Waals surface area contributed by atoms with Gasteiger partial charge in [0.25, 0.3) is 0 Å². The van der Waals surface area contributed by atoms with Gasteiger partial charge in [-0.2, -0.15) is 5.10 Å². The Morgan fingerprint density at radius 3 is 2.68 bits per heavy atom. The molecule has 0 saturated carbocycles. The van der Waals surface area contributed by atoms with Gasteiger partial charge in [0, 0.05) is 25.4 Å². The molecule has 4 heteroatoms. The van der Waals surface area contributed by atoms with Crippen LogP contribution < -0.4 is 10.1 Å². The molecule has 19 heavy (non-hydrogen) atoms. The van der Waals surface area contributed by atoms with Crippen LogP contribution in [-0.4, -0.2) is 23.4 Å². The van der Waals surface area contributed by atoms with Crippen molar-refractivity contribution in [2.45, 2.75) is 20.4 Å². The summed E-state index contributed by atoms with van der Waals surface area (Å²) in [6.45, 7) is 5.92. The SMILES string of the molecule is CCNCc1cc(OC)ccc1-c1cn(C)nc1C. The van der Waals surface area contributed by atoms with Crippen molar-refractivity contribution in [1.29, 1.82) is 0 Å². The number of hydrogen-bond donors (Lipinski definition) is 1. The largest absolute Gasteiger partial charge is 0.497 e. The molecule has 1 N–H and O–H groups in total. The number of ether oxygens (including phenoxy) is 1. The van der Waals surface area contributed by atoms with Crippen molar-refractivity contribution in [3.63, 3.8) is 0 Å². The molecule has 0 aliphatic rings. The topological polar surface area (TPSA) is 39.1 Å². The molecule has 0 spiro atoms. The van der Waals surface area contributed by atoms with Crippen LogP contribution in [0, 0.1) is 6.92 Å². The lowest BCUT2D eigenvalue weighted by molar-refractivity contribution is 0.414. The number of nitrogens with one attached hydrogen (secondary N) is 1. The summed E-state index contributed by atoms with van der Waals surface area (Å²) in [4.78, 5) is 0. The second-order valence-corrected chi connectivity index (χ2v) is 4.61. The fourth-order valence-electron chi connectivity index (χ4n) is 2.23. The normalized spacial score (nSPS) is 10.7. The smallest absolute Gasteiger partial charge is 0.119 e. The van der Waals surface area contributed by atoms with E-state index in [0.29, 0.717) is 0 Å². The summed E-state index contributed by atoms with van der Waals surface area (Å²) in [5.74, 6) is 0.887. The van der Waals surface area contributed by atoms with Crippen LogP contribution in [0.2, 0.25) is 0 Å². The number of methoxy groups -OCH3 is 1. The first-order chi connectivity index (χ1) is 9.15. The lowest BCUT2D eigenvalue weighted by Crippen LogP contribution is -2.12. The lowest BCUT2D eigenvalue weighted by Gasteiger charge is -2.11. The second-order valence-electron chi connectivity index (χ2n) is 4.61. The highest BCUT2D eigenvalue weighted by Crippen LogP contribution is 2.29. The van der Waals surface area contributed by atoms with E-state index in [1.54, 1.807) is 7.11 Å². The Morgan fingerprint density at radius 2 is 2.11 bits per heavy atom. The van der Waals surface area contributed by atoms with Crippen molar-refractivity contribution < 1.29 is 4.74 Å². The van der Waals surface area contributed by atoms with Gasteiger partial charge in [-0.1, -0.05) is 13.0 Å². The molecular weight excluding hydrogens is 238 g/mol. The number of nitrogens with zero attached hydrogens (tertiary/aromatic N) is 2. The Balaban J connectivity index is 2.46. The van der Waals surface area contributed by atoms with Crippen molar-refractivity contribution in [2.24, 2.45) is 7.05 Å². The first-order valence-electron chi connectivity index (χ1n) is 6.54. The molecule has 0 bridgehead atoms. The zero-order chi connectivity index (χ0) is 13.8. The molecular formula is C15H21N3O. The molecule has 0 unspecified atom stereocenters. The molecule has 0 saturated heterocycles. The van der Waals surface area contributed by atoms with Gasteiger partial charge in [-0.25, -0.2) is 0 Å². The van der Waals surface area contributed by atoms with Gasteiger partial charge in [0.1, 0.15) is 5.75 Å². The van der Waals surface area contributed by atoms with Crippen LogP contribution in [0.5, 0.6) is 5.75 Å². The van der Waals surface area contributed by atoms with Crippen LogP contribution in [0.4, 0.5) is 0 Å². The molecule has 2 rings (SSSR count). The minimum Gasteiger partial charge on any atom is -0.497 e. The van der Waals surface area contributed by atoms with E-state index in [4.69, 9.17) is 4.74 Å². The Morgan fingerprint density at radius 1 is 1.32 bits per heavy atom. The highest BCUT2D eigenvalue weighted by molar-refractivity contribution is 5.69. The molecule has 0 amide bonds. The molecule has 1 heterocycles. The van der Waals surface area contributed by atoms with Crippen molar-refractivity contribution >= 4 is 0 Å². The summed E-state index contributed by atoms with van der Waals surface area (Å²) in [6.07, 6.45) is 2.06. The van der Waals surface area contributed by atoms with Crippen LogP contribution >= 0.6 is 0 Å². The maximum Gasteiger partial charge on any atom is 0.119 e. The maximum absolute atomic E-state index is 5.31. The highest BCUT2D eigenvalue weighted by atomic mass is 16.5. The maximum atomic E-state index is 5.31. The highest BCUT2D eigenvalue weighted by Gasteiger charge is 2.11. The van der Waals surface area contributed by atoms with Gasteiger partial charge in [0.2, 0.25) is 0 Å². The van der Waals surface area contributed by atoms with Crippen LogP contribution in [0.25, 0.3) is 11.1 Å². The van der Waals surface area contributed by atoms with Crippen molar-refractivity contribution in [1.82, 2.24) is 15.1 Å². The summed E-state index contributed by atoms with van der Waals surface area (Å²) in [6, 6.07) is 6.19. The molecule has 4 nitrogen and oxygen atoms in total. The van der Waals surface area contributed by atoms with Crippen molar-refractivity contribution in [2.75, 3.05) is 13.7 Å². The molecule has 0 aliphatic carbocycles. The fraction of sp³-hybridized carbons (Fsp3) is 0.400. The third kappa shape index (κ3) is 2.96. The summed E-state index contributed by atoms with van der Waals surface area (Å²) >= 11 is 0. The van der Waals surface area contributed by atoms with Gasteiger partial charge in [-0.05, 0) is 36.7 Å². The number of benzene rings is 1. The zero-order valence-corrected chi connectivity index (χ0v) is 12.0. The quantitative estimate of drug-likeness (QED) is 0.896. The predicted octanol–water partition coefficient (Wildman–Crippen LogP) is 2.51. The second kappa shape index (κ2) is 5.89. The van der Waals surface area contributed by atoms with Gasteiger partial charge in [0.05, 0.1) is 12.8 Å². The number of hydrogen-bond acceptors (Lipinski definition) is 3. The lowest BCUT2D eigenvalue weighted by atomic mass is 10.00. The van der Waals surface area contributed by atoms with E-state index in [-0.39, 0.29) is 0 Å². The first-order valence-corrected chi connectivity index (χ1v) is 6.54. The Kier molecular flexibility index (Phi) is 4.22. The Bertz CT molecular complexity index is 561. The third-order valence-corrected chi connectivity index (χ3v) is 3.18. The summed E-state index contributed by atoms with van der Waals surface area (Å²) < 4.78 is 7.17. The molecule has 102 valence electrons. The minimum absolute atomic E-state index is 0.831. The van der Waals surface area contributed by atoms with Crippen LogP contribution in [0.3, 0.4) is 0 Å². The van der Waals surface area contributed by atoms with E-state index in [1.165, 1.54) is 16.7 Å². The van der Waals surface area contributed by atoms with E-state index in [0.717, 1.165) is 24.5 Å².